The molecule has 5 heteroatoms. The van der Waals surface area contributed by atoms with Crippen molar-refractivity contribution in [3.8, 4) is 0 Å². The van der Waals surface area contributed by atoms with Crippen molar-refractivity contribution in [2.24, 2.45) is 0 Å². The first-order valence-electron chi connectivity index (χ1n) is 6.72. The molecule has 0 spiro atoms. The molecule has 1 aromatic carbocycles. The van der Waals surface area contributed by atoms with Crippen molar-refractivity contribution < 1.29 is 19.4 Å². The highest BCUT2D eigenvalue weighted by Crippen LogP contribution is 2.22. The second-order valence-electron chi connectivity index (χ2n) is 5.00. The number of amides is 1. The molecule has 1 heterocycles. The summed E-state index contributed by atoms with van der Waals surface area (Å²) in [6, 6.07) is 8.81. The van der Waals surface area contributed by atoms with Gasteiger partial charge in [0.1, 0.15) is 0 Å². The van der Waals surface area contributed by atoms with Gasteiger partial charge in [-0.1, -0.05) is 30.3 Å². The number of aliphatic hydroxyl groups excluding tert-OH is 1. The maximum Gasteiger partial charge on any atom is 0.409 e. The van der Waals surface area contributed by atoms with Gasteiger partial charge in [-0.2, -0.15) is 0 Å². The van der Waals surface area contributed by atoms with Crippen LogP contribution in [0.2, 0.25) is 0 Å². The van der Waals surface area contributed by atoms with E-state index in [1.54, 1.807) is 12.1 Å². The highest BCUT2D eigenvalue weighted by atomic mass is 16.5. The molecular formula is C15H19NO4. The van der Waals surface area contributed by atoms with E-state index in [0.717, 1.165) is 0 Å². The van der Waals surface area contributed by atoms with Crippen molar-refractivity contribution in [3.63, 3.8) is 0 Å². The molecule has 108 valence electrons. The Morgan fingerprint density at radius 1 is 1.30 bits per heavy atom. The van der Waals surface area contributed by atoms with Crippen molar-refractivity contribution in [2.45, 2.75) is 31.4 Å². The van der Waals surface area contributed by atoms with Crippen LogP contribution < -0.4 is 0 Å². The first-order valence-corrected chi connectivity index (χ1v) is 6.72. The molecule has 1 aliphatic heterocycles. The number of carbonyl (C=O) groups excluding carboxylic acids is 2. The summed E-state index contributed by atoms with van der Waals surface area (Å²) in [4.78, 5) is 25.4. The number of piperidine rings is 1. The van der Waals surface area contributed by atoms with E-state index in [1.165, 1.54) is 12.0 Å². The quantitative estimate of drug-likeness (QED) is 0.856. The maximum absolute atomic E-state index is 12.2. The Bertz CT molecular complexity index is 474. The number of benzene rings is 1. The first kappa shape index (κ1) is 14.5. The van der Waals surface area contributed by atoms with Gasteiger partial charge in [-0.3, -0.25) is 4.79 Å². The Kier molecular flexibility index (Phi) is 4.74. The molecule has 0 bridgehead atoms. The number of methoxy groups -OCH3 is 1. The second kappa shape index (κ2) is 6.52. The Morgan fingerprint density at radius 2 is 2.00 bits per heavy atom. The molecular weight excluding hydrogens is 258 g/mol. The van der Waals surface area contributed by atoms with Crippen LogP contribution >= 0.6 is 0 Å². The van der Waals surface area contributed by atoms with Gasteiger partial charge in [0.05, 0.1) is 19.8 Å². The van der Waals surface area contributed by atoms with Gasteiger partial charge < -0.3 is 14.7 Å². The molecule has 1 N–H and O–H groups in total. The van der Waals surface area contributed by atoms with Crippen LogP contribution in [0.5, 0.6) is 0 Å². The van der Waals surface area contributed by atoms with Gasteiger partial charge in [0.25, 0.3) is 0 Å². The number of carbonyl (C=O) groups is 2. The summed E-state index contributed by atoms with van der Waals surface area (Å²) < 4.78 is 4.72. The minimum Gasteiger partial charge on any atom is -0.453 e. The van der Waals surface area contributed by atoms with Gasteiger partial charge in [-0.05, 0) is 12.8 Å². The summed E-state index contributed by atoms with van der Waals surface area (Å²) >= 11 is 0. The summed E-state index contributed by atoms with van der Waals surface area (Å²) in [6.45, 7) is 0.222. The highest BCUT2D eigenvalue weighted by Gasteiger charge is 2.32. The smallest absolute Gasteiger partial charge is 0.409 e. The molecule has 0 unspecified atom stereocenters. The average molecular weight is 277 g/mol. The largest absolute Gasteiger partial charge is 0.453 e. The fourth-order valence-electron chi connectivity index (χ4n) is 2.52. The molecule has 2 rings (SSSR count). The summed E-state index contributed by atoms with van der Waals surface area (Å²) in [6.07, 6.45) is 0.424. The normalized spacial score (nSPS) is 22.4. The molecule has 0 aliphatic carbocycles. The molecule has 20 heavy (non-hydrogen) atoms. The van der Waals surface area contributed by atoms with E-state index in [2.05, 4.69) is 0 Å². The molecule has 1 aromatic rings. The van der Waals surface area contributed by atoms with Crippen molar-refractivity contribution in [1.82, 2.24) is 4.90 Å². The molecule has 5 nitrogen and oxygen atoms in total. The van der Waals surface area contributed by atoms with Crippen LogP contribution in [0.4, 0.5) is 4.79 Å². The maximum atomic E-state index is 12.2. The number of rotatable bonds is 3. The molecule has 0 saturated carbocycles. The van der Waals surface area contributed by atoms with E-state index in [0.29, 0.717) is 18.4 Å². The summed E-state index contributed by atoms with van der Waals surface area (Å²) in [5, 5.41) is 9.66. The number of Topliss-reactive ketones (excluding diaryl/α,β-unsaturated/α-hetero) is 1. The molecule has 1 fully saturated rings. The number of hydrogen-bond acceptors (Lipinski definition) is 4. The SMILES string of the molecule is COC(=O)N1C[C@@H](O)CC[C@H]1CC(=O)c1ccccc1. The van der Waals surface area contributed by atoms with Gasteiger partial charge in [0.15, 0.2) is 5.78 Å². The Hall–Kier alpha value is -1.88. The lowest BCUT2D eigenvalue weighted by Gasteiger charge is -2.36. The van der Waals surface area contributed by atoms with Gasteiger partial charge >= 0.3 is 6.09 Å². The number of hydrogen-bond donors (Lipinski definition) is 1. The molecule has 1 saturated heterocycles. The lowest BCUT2D eigenvalue weighted by atomic mass is 9.94. The topological polar surface area (TPSA) is 66.8 Å². The minimum atomic E-state index is -0.544. The van der Waals surface area contributed by atoms with E-state index < -0.39 is 12.2 Å². The number of β-amino-alcohol motifs (C(OH)–C–C–N with tert-alkyl or cyclic N) is 1. The van der Waals surface area contributed by atoms with E-state index in [4.69, 9.17) is 4.74 Å². The fourth-order valence-corrected chi connectivity index (χ4v) is 2.52. The van der Waals surface area contributed by atoms with Crippen molar-refractivity contribution in [1.29, 1.82) is 0 Å². The molecule has 1 aliphatic rings. The van der Waals surface area contributed by atoms with Crippen molar-refractivity contribution in [3.05, 3.63) is 35.9 Å². The zero-order valence-electron chi connectivity index (χ0n) is 11.5. The predicted octanol–water partition coefficient (Wildman–Crippen LogP) is 1.85. The number of aliphatic hydroxyl groups is 1. The van der Waals surface area contributed by atoms with E-state index in [1.807, 2.05) is 18.2 Å². The third-order valence-corrected chi connectivity index (χ3v) is 3.61. The predicted molar refractivity (Wildman–Crippen MR) is 73.5 cm³/mol. The Labute approximate surface area is 118 Å². The number of ether oxygens (including phenoxy) is 1. The first-order chi connectivity index (χ1) is 9.61. The third-order valence-electron chi connectivity index (χ3n) is 3.61. The lowest BCUT2D eigenvalue weighted by Crippen LogP contribution is -2.49. The standard InChI is InChI=1S/C15H19NO4/c1-20-15(19)16-10-13(17)8-7-12(16)9-14(18)11-5-3-2-4-6-11/h2-6,12-13,17H,7-10H2,1H3/t12-,13-/m0/s1. The highest BCUT2D eigenvalue weighted by molar-refractivity contribution is 5.96. The lowest BCUT2D eigenvalue weighted by molar-refractivity contribution is 0.0279. The van der Waals surface area contributed by atoms with Crippen molar-refractivity contribution >= 4 is 11.9 Å². The number of ketones is 1. The molecule has 0 aromatic heterocycles. The summed E-state index contributed by atoms with van der Waals surface area (Å²) in [7, 11) is 1.30. The van der Waals surface area contributed by atoms with Gasteiger partial charge in [0.2, 0.25) is 0 Å². The van der Waals surface area contributed by atoms with Crippen LogP contribution in [-0.4, -0.2) is 47.7 Å². The Morgan fingerprint density at radius 3 is 2.65 bits per heavy atom. The van der Waals surface area contributed by atoms with Crippen LogP contribution in [0.1, 0.15) is 29.6 Å². The van der Waals surface area contributed by atoms with E-state index in [-0.39, 0.29) is 24.8 Å². The minimum absolute atomic E-state index is 0.000827. The number of likely N-dealkylation sites (tertiary alicyclic amines) is 1. The van der Waals surface area contributed by atoms with Gasteiger partial charge in [0, 0.05) is 18.0 Å². The van der Waals surface area contributed by atoms with Crippen LogP contribution in [0.3, 0.4) is 0 Å². The fraction of sp³-hybridized carbons (Fsp3) is 0.467. The second-order valence-corrected chi connectivity index (χ2v) is 5.00. The Balaban J connectivity index is 2.06. The third kappa shape index (κ3) is 3.36. The van der Waals surface area contributed by atoms with E-state index in [9.17, 15) is 14.7 Å². The average Bonchev–Trinajstić information content (AvgIpc) is 2.49. The van der Waals surface area contributed by atoms with Crippen LogP contribution in [0, 0.1) is 0 Å². The monoisotopic (exact) mass is 277 g/mol. The van der Waals surface area contributed by atoms with E-state index >= 15 is 0 Å². The molecule has 1 amide bonds. The zero-order chi connectivity index (χ0) is 14.5. The summed E-state index contributed by atoms with van der Waals surface area (Å²) in [5.74, 6) is 0.000827. The van der Waals surface area contributed by atoms with Gasteiger partial charge in [-0.15, -0.1) is 0 Å². The molecule has 0 radical (unpaired) electrons. The van der Waals surface area contributed by atoms with Crippen LogP contribution in [0.15, 0.2) is 30.3 Å². The zero-order valence-corrected chi connectivity index (χ0v) is 11.5. The van der Waals surface area contributed by atoms with Crippen LogP contribution in [-0.2, 0) is 4.74 Å². The molecule has 2 atom stereocenters. The van der Waals surface area contributed by atoms with Crippen LogP contribution in [0.25, 0.3) is 0 Å². The van der Waals surface area contributed by atoms with Crippen molar-refractivity contribution in [2.75, 3.05) is 13.7 Å². The number of nitrogens with zero attached hydrogens (tertiary/aromatic N) is 1. The summed E-state index contributed by atoms with van der Waals surface area (Å²) in [5.41, 5.74) is 0.642. The van der Waals surface area contributed by atoms with Gasteiger partial charge in [-0.25, -0.2) is 4.79 Å².